The van der Waals surface area contributed by atoms with Gasteiger partial charge in [-0.15, -0.1) is 0 Å². The number of nitro groups is 1. The number of aliphatic hydroxyl groups is 1. The second-order valence-electron chi connectivity index (χ2n) is 8.98. The van der Waals surface area contributed by atoms with Gasteiger partial charge in [0.1, 0.15) is 11.7 Å². The minimum atomic E-state index is -1.24. The standard InChI is InChI=1S/C21H30N2O5/c1-21(2,3)28-20(25)22-16-11-9-15(10-12-16)18(22)19(24)17(23(26)27)13-14-7-5-4-6-8-14/h4-8,15-19,24H,9-13H2,1-3H3/t15?,16?,17-,18?,19+/m1/s1. The summed E-state index contributed by atoms with van der Waals surface area (Å²) in [5.74, 6) is 0.0609. The molecule has 2 heterocycles. The second-order valence-corrected chi connectivity index (χ2v) is 8.98. The van der Waals surface area contributed by atoms with Gasteiger partial charge in [0.15, 0.2) is 0 Å². The topological polar surface area (TPSA) is 92.9 Å². The van der Waals surface area contributed by atoms with Crippen molar-refractivity contribution >= 4 is 6.09 Å². The Balaban J connectivity index is 1.85. The number of benzene rings is 1. The first-order chi connectivity index (χ1) is 13.2. The zero-order chi connectivity index (χ0) is 20.5. The van der Waals surface area contributed by atoms with Gasteiger partial charge in [0, 0.05) is 17.4 Å². The molecule has 154 valence electrons. The van der Waals surface area contributed by atoms with Crippen molar-refractivity contribution in [2.45, 2.75) is 82.7 Å². The molecule has 2 aliphatic heterocycles. The number of nitrogens with zero attached hydrogens (tertiary/aromatic N) is 2. The van der Waals surface area contributed by atoms with Crippen molar-refractivity contribution in [2.24, 2.45) is 5.92 Å². The lowest BCUT2D eigenvalue weighted by atomic mass is 9.71. The van der Waals surface area contributed by atoms with Crippen LogP contribution in [0.4, 0.5) is 4.79 Å². The summed E-state index contributed by atoms with van der Waals surface area (Å²) in [4.78, 5) is 25.9. The van der Waals surface area contributed by atoms with Gasteiger partial charge in [0.2, 0.25) is 6.04 Å². The van der Waals surface area contributed by atoms with E-state index in [0.717, 1.165) is 31.2 Å². The van der Waals surface area contributed by atoms with Gasteiger partial charge in [-0.2, -0.15) is 0 Å². The normalized spacial score (nSPS) is 26.6. The lowest BCUT2D eigenvalue weighted by molar-refractivity contribution is -0.536. The number of rotatable bonds is 5. The average molecular weight is 390 g/mol. The number of carbonyl (C=O) groups is 1. The number of hydrogen-bond acceptors (Lipinski definition) is 5. The molecule has 1 aliphatic carbocycles. The van der Waals surface area contributed by atoms with E-state index in [-0.39, 0.29) is 18.4 Å². The van der Waals surface area contributed by atoms with Gasteiger partial charge in [-0.25, -0.2) is 4.79 Å². The number of ether oxygens (including phenoxy) is 1. The Kier molecular flexibility index (Phi) is 5.93. The summed E-state index contributed by atoms with van der Waals surface area (Å²) in [7, 11) is 0. The zero-order valence-electron chi connectivity index (χ0n) is 16.8. The quantitative estimate of drug-likeness (QED) is 0.614. The van der Waals surface area contributed by atoms with Crippen LogP contribution in [0.3, 0.4) is 0 Å². The number of carbonyl (C=O) groups excluding carboxylic acids is 1. The van der Waals surface area contributed by atoms with Crippen LogP contribution < -0.4 is 0 Å². The highest BCUT2D eigenvalue weighted by Crippen LogP contribution is 2.42. The van der Waals surface area contributed by atoms with E-state index in [2.05, 4.69) is 0 Å². The fraction of sp³-hybridized carbons (Fsp3) is 0.667. The Hall–Kier alpha value is -2.15. The molecule has 7 heteroatoms. The summed E-state index contributed by atoms with van der Waals surface area (Å²) in [6.45, 7) is 5.40. The van der Waals surface area contributed by atoms with Crippen molar-refractivity contribution in [1.82, 2.24) is 4.90 Å². The van der Waals surface area contributed by atoms with Crippen LogP contribution >= 0.6 is 0 Å². The Morgan fingerprint density at radius 2 is 1.86 bits per heavy atom. The maximum absolute atomic E-state index is 12.9. The van der Waals surface area contributed by atoms with Crippen LogP contribution in [0.25, 0.3) is 0 Å². The molecule has 1 aromatic carbocycles. The fourth-order valence-electron chi connectivity index (χ4n) is 4.62. The maximum atomic E-state index is 12.9. The Morgan fingerprint density at radius 3 is 2.39 bits per heavy atom. The molecule has 2 saturated heterocycles. The van der Waals surface area contributed by atoms with Crippen molar-refractivity contribution in [3.63, 3.8) is 0 Å². The molecule has 3 aliphatic rings. The van der Waals surface area contributed by atoms with Gasteiger partial charge in [-0.1, -0.05) is 30.3 Å². The molecule has 1 amide bonds. The monoisotopic (exact) mass is 390 g/mol. The molecule has 0 spiro atoms. The second kappa shape index (κ2) is 8.07. The predicted molar refractivity (Wildman–Crippen MR) is 105 cm³/mol. The minimum Gasteiger partial charge on any atom is -0.444 e. The summed E-state index contributed by atoms with van der Waals surface area (Å²) < 4.78 is 5.57. The van der Waals surface area contributed by atoms with Gasteiger partial charge in [-0.3, -0.25) is 15.0 Å². The van der Waals surface area contributed by atoms with Crippen LogP contribution in [0.15, 0.2) is 30.3 Å². The summed E-state index contributed by atoms with van der Waals surface area (Å²) in [5.41, 5.74) is 0.142. The highest BCUT2D eigenvalue weighted by molar-refractivity contribution is 5.69. The van der Waals surface area contributed by atoms with E-state index < -0.39 is 34.8 Å². The molecule has 28 heavy (non-hydrogen) atoms. The fourth-order valence-corrected chi connectivity index (χ4v) is 4.62. The van der Waals surface area contributed by atoms with Gasteiger partial charge >= 0.3 is 6.09 Å². The third-order valence-corrected chi connectivity index (χ3v) is 5.85. The molecule has 7 nitrogen and oxygen atoms in total. The van der Waals surface area contributed by atoms with E-state index in [4.69, 9.17) is 4.74 Å². The highest BCUT2D eigenvalue weighted by Gasteiger charge is 2.52. The van der Waals surface area contributed by atoms with Gasteiger partial charge in [0.05, 0.1) is 6.04 Å². The molecule has 1 N–H and O–H groups in total. The maximum Gasteiger partial charge on any atom is 0.410 e. The molecule has 0 aromatic heterocycles. The molecular weight excluding hydrogens is 360 g/mol. The minimum absolute atomic E-state index is 0.0244. The predicted octanol–water partition coefficient (Wildman–Crippen LogP) is 3.41. The summed E-state index contributed by atoms with van der Waals surface area (Å²) in [6.07, 6.45) is 1.88. The third kappa shape index (κ3) is 4.46. The Morgan fingerprint density at radius 1 is 1.25 bits per heavy atom. The van der Waals surface area contributed by atoms with E-state index in [9.17, 15) is 20.0 Å². The van der Waals surface area contributed by atoms with Crippen LogP contribution in [-0.4, -0.2) is 50.9 Å². The largest absolute Gasteiger partial charge is 0.444 e. The van der Waals surface area contributed by atoms with Crippen molar-refractivity contribution in [2.75, 3.05) is 0 Å². The zero-order valence-corrected chi connectivity index (χ0v) is 16.8. The molecule has 2 bridgehead atoms. The lowest BCUT2D eigenvalue weighted by Gasteiger charge is -2.52. The summed E-state index contributed by atoms with van der Waals surface area (Å²) >= 11 is 0. The van der Waals surface area contributed by atoms with Gasteiger partial charge in [0.25, 0.3) is 0 Å². The number of hydrogen-bond donors (Lipinski definition) is 1. The van der Waals surface area contributed by atoms with E-state index in [1.54, 1.807) is 25.7 Å². The molecule has 3 atom stereocenters. The SMILES string of the molecule is CC(C)(C)OC(=O)N1C2CCC(CC2)C1[C@@H](O)[C@@H](Cc1ccccc1)[N+](=O)[O-]. The molecular formula is C21H30N2O5. The van der Waals surface area contributed by atoms with Crippen molar-refractivity contribution in [3.8, 4) is 0 Å². The van der Waals surface area contributed by atoms with E-state index >= 15 is 0 Å². The van der Waals surface area contributed by atoms with Crippen LogP contribution in [0.2, 0.25) is 0 Å². The Labute approximate surface area is 165 Å². The molecule has 0 radical (unpaired) electrons. The molecule has 1 unspecified atom stereocenters. The van der Waals surface area contributed by atoms with Gasteiger partial charge in [-0.05, 0) is 57.9 Å². The van der Waals surface area contributed by atoms with Crippen molar-refractivity contribution in [1.29, 1.82) is 0 Å². The smallest absolute Gasteiger partial charge is 0.410 e. The van der Waals surface area contributed by atoms with E-state index in [1.807, 2.05) is 30.3 Å². The number of aliphatic hydroxyl groups excluding tert-OH is 1. The van der Waals surface area contributed by atoms with Gasteiger partial charge < -0.3 is 9.84 Å². The molecule has 1 saturated carbocycles. The molecule has 1 aromatic rings. The molecule has 3 fully saturated rings. The van der Waals surface area contributed by atoms with E-state index in [1.165, 1.54) is 0 Å². The summed E-state index contributed by atoms with van der Waals surface area (Å²) in [5, 5.41) is 22.9. The van der Waals surface area contributed by atoms with Crippen LogP contribution in [0.1, 0.15) is 52.0 Å². The first kappa shape index (κ1) is 20.6. The lowest BCUT2D eigenvalue weighted by Crippen LogP contribution is -2.65. The first-order valence-electron chi connectivity index (χ1n) is 10.0. The van der Waals surface area contributed by atoms with Crippen molar-refractivity contribution in [3.05, 3.63) is 46.0 Å². The van der Waals surface area contributed by atoms with Crippen LogP contribution in [0, 0.1) is 16.0 Å². The summed E-state index contributed by atoms with van der Waals surface area (Å²) in [6, 6.07) is 7.37. The van der Waals surface area contributed by atoms with Crippen molar-refractivity contribution < 1.29 is 19.6 Å². The number of amides is 1. The molecule has 4 rings (SSSR count). The number of piperidine rings is 2. The Bertz CT molecular complexity index is 694. The highest BCUT2D eigenvalue weighted by atomic mass is 16.6. The van der Waals surface area contributed by atoms with E-state index in [0.29, 0.717) is 0 Å². The number of fused-ring (bicyclic) bond motifs is 3. The third-order valence-electron chi connectivity index (χ3n) is 5.85. The first-order valence-corrected chi connectivity index (χ1v) is 10.0. The average Bonchev–Trinajstić information content (AvgIpc) is 2.65. The van der Waals surface area contributed by atoms with Crippen LogP contribution in [-0.2, 0) is 11.2 Å². The van der Waals surface area contributed by atoms with Crippen LogP contribution in [0.5, 0.6) is 0 Å².